The number of aromatic nitrogens is 1. The molecule has 0 fully saturated rings. The van der Waals surface area contributed by atoms with Crippen molar-refractivity contribution in [2.45, 2.75) is 0 Å². The second kappa shape index (κ2) is 12.2. The van der Waals surface area contributed by atoms with Crippen LogP contribution in [0, 0.1) is 0 Å². The van der Waals surface area contributed by atoms with E-state index in [2.05, 4.69) is 168 Å². The Morgan fingerprint density at radius 1 is 0.388 bits per heavy atom. The quantitative estimate of drug-likeness (QED) is 0.164. The van der Waals surface area contributed by atoms with Crippen molar-refractivity contribution in [3.8, 4) is 11.5 Å². The van der Waals surface area contributed by atoms with Crippen molar-refractivity contribution in [2.24, 2.45) is 0 Å². The number of fused-ring (bicyclic) bond motifs is 6. The van der Waals surface area contributed by atoms with Crippen molar-refractivity contribution in [1.82, 2.24) is 4.98 Å². The number of oxazole rings is 1. The Bertz CT molecular complexity index is 2450. The van der Waals surface area contributed by atoms with Gasteiger partial charge in [-0.15, -0.1) is 0 Å². The summed E-state index contributed by atoms with van der Waals surface area (Å²) < 4.78 is 6.68. The molecule has 4 heteroatoms. The molecular weight excluding hydrogens is 599 g/mol. The Balaban J connectivity index is 1.45. The number of rotatable bonds is 7. The predicted molar refractivity (Wildman–Crippen MR) is 204 cm³/mol. The lowest BCUT2D eigenvalue weighted by Gasteiger charge is -2.31. The summed E-state index contributed by atoms with van der Waals surface area (Å²) in [6, 6.07) is 65.5. The Morgan fingerprint density at radius 2 is 0.837 bits per heavy atom. The molecule has 0 bridgehead atoms. The van der Waals surface area contributed by atoms with E-state index in [0.29, 0.717) is 5.89 Å². The lowest BCUT2D eigenvalue weighted by molar-refractivity contribution is 0.623. The van der Waals surface area contributed by atoms with Gasteiger partial charge in [-0.3, -0.25) is 0 Å². The minimum atomic E-state index is 0.603. The molecule has 1 aromatic heterocycles. The molecule has 0 aliphatic carbocycles. The molecule has 0 atom stereocenters. The molecule has 0 unspecified atom stereocenters. The van der Waals surface area contributed by atoms with Crippen molar-refractivity contribution in [3.05, 3.63) is 188 Å². The van der Waals surface area contributed by atoms with Gasteiger partial charge in [0, 0.05) is 50.2 Å². The van der Waals surface area contributed by atoms with Gasteiger partial charge in [-0.25, -0.2) is 4.98 Å². The van der Waals surface area contributed by atoms with Crippen LogP contribution in [0.25, 0.3) is 44.1 Å². The third kappa shape index (κ3) is 5.07. The van der Waals surface area contributed by atoms with Crippen molar-refractivity contribution >= 4 is 66.8 Å². The van der Waals surface area contributed by atoms with Crippen molar-refractivity contribution in [2.75, 3.05) is 9.80 Å². The Labute approximate surface area is 284 Å². The van der Waals surface area contributed by atoms with Crippen LogP contribution in [0.2, 0.25) is 0 Å². The number of hydrogen-bond donors (Lipinski definition) is 0. The van der Waals surface area contributed by atoms with E-state index in [0.717, 1.165) is 72.3 Å². The zero-order valence-electron chi connectivity index (χ0n) is 26.6. The molecular formula is C45H31N3O. The lowest BCUT2D eigenvalue weighted by atomic mass is 9.96. The third-order valence-electron chi connectivity index (χ3n) is 9.00. The van der Waals surface area contributed by atoms with Crippen LogP contribution >= 0.6 is 0 Å². The zero-order valence-corrected chi connectivity index (χ0v) is 26.6. The van der Waals surface area contributed by atoms with Crippen LogP contribution in [0.5, 0.6) is 0 Å². The van der Waals surface area contributed by atoms with Crippen molar-refractivity contribution < 1.29 is 4.42 Å². The number of anilines is 6. The van der Waals surface area contributed by atoms with Crippen LogP contribution in [0.15, 0.2) is 192 Å². The second-order valence-corrected chi connectivity index (χ2v) is 12.0. The van der Waals surface area contributed by atoms with Gasteiger partial charge in [0.2, 0.25) is 5.89 Å². The van der Waals surface area contributed by atoms with Gasteiger partial charge < -0.3 is 14.2 Å². The number of hydrogen-bond acceptors (Lipinski definition) is 4. The molecule has 0 spiro atoms. The molecule has 9 rings (SSSR count). The van der Waals surface area contributed by atoms with Crippen LogP contribution in [0.1, 0.15) is 0 Å². The highest BCUT2D eigenvalue weighted by atomic mass is 16.3. The normalized spacial score (nSPS) is 11.3. The number of benzene rings is 8. The SMILES string of the molecule is c1ccc(-c2nc3c4cc(N(c5ccccc5)c5ccccc5)cc(N(c5ccccc5)c5ccccc5)c4c4ccccc4c3o2)cc1. The minimum absolute atomic E-state index is 0.603. The highest BCUT2D eigenvalue weighted by molar-refractivity contribution is 6.27. The van der Waals surface area contributed by atoms with Crippen LogP contribution < -0.4 is 9.80 Å². The summed E-state index contributed by atoms with van der Waals surface area (Å²) in [4.78, 5) is 9.92. The smallest absolute Gasteiger partial charge is 0.227 e. The summed E-state index contributed by atoms with van der Waals surface area (Å²) in [5.41, 5.74) is 8.86. The predicted octanol–water partition coefficient (Wildman–Crippen LogP) is 12.7. The summed E-state index contributed by atoms with van der Waals surface area (Å²) in [5.74, 6) is 0.603. The average molecular weight is 630 g/mol. The van der Waals surface area contributed by atoms with Crippen LogP contribution in [0.4, 0.5) is 34.1 Å². The molecule has 8 aromatic carbocycles. The fourth-order valence-electron chi connectivity index (χ4n) is 6.86. The van der Waals surface area contributed by atoms with E-state index in [1.54, 1.807) is 0 Å². The molecule has 0 aliphatic rings. The van der Waals surface area contributed by atoms with Gasteiger partial charge in [-0.1, -0.05) is 115 Å². The van der Waals surface area contributed by atoms with E-state index in [9.17, 15) is 0 Å². The fourth-order valence-corrected chi connectivity index (χ4v) is 6.86. The van der Waals surface area contributed by atoms with Gasteiger partial charge in [0.25, 0.3) is 0 Å². The van der Waals surface area contributed by atoms with Crippen LogP contribution in [-0.2, 0) is 0 Å². The van der Waals surface area contributed by atoms with Crippen molar-refractivity contribution in [1.29, 1.82) is 0 Å². The van der Waals surface area contributed by atoms with Gasteiger partial charge in [0.1, 0.15) is 5.52 Å². The maximum absolute atomic E-state index is 6.68. The minimum Gasteiger partial charge on any atom is -0.435 e. The molecule has 49 heavy (non-hydrogen) atoms. The highest BCUT2D eigenvalue weighted by Crippen LogP contribution is 2.49. The monoisotopic (exact) mass is 629 g/mol. The van der Waals surface area contributed by atoms with Gasteiger partial charge in [0.05, 0.1) is 5.69 Å². The van der Waals surface area contributed by atoms with E-state index in [-0.39, 0.29) is 0 Å². The van der Waals surface area contributed by atoms with Gasteiger partial charge in [0.15, 0.2) is 5.58 Å². The maximum atomic E-state index is 6.68. The Morgan fingerprint density at radius 3 is 1.37 bits per heavy atom. The standard InChI is InChI=1S/C45H31N3O/c1-6-18-32(19-7-1)45-46-43-40-30-37(47(33-20-8-2-9-21-33)34-22-10-3-11-23-34)31-41(42(40)38-28-16-17-29-39(38)44(43)49-45)48(35-24-12-4-13-25-35)36-26-14-5-15-27-36/h1-31H. The van der Waals surface area contributed by atoms with Crippen LogP contribution in [-0.4, -0.2) is 4.98 Å². The summed E-state index contributed by atoms with van der Waals surface area (Å²) in [6.45, 7) is 0. The highest BCUT2D eigenvalue weighted by Gasteiger charge is 2.25. The molecule has 0 N–H and O–H groups in total. The number of nitrogens with zero attached hydrogens (tertiary/aromatic N) is 3. The van der Waals surface area contributed by atoms with E-state index < -0.39 is 0 Å². The molecule has 0 aliphatic heterocycles. The Hall–Kier alpha value is -6.65. The van der Waals surface area contributed by atoms with E-state index in [1.165, 1.54) is 0 Å². The van der Waals surface area contributed by atoms with Gasteiger partial charge >= 0.3 is 0 Å². The lowest BCUT2D eigenvalue weighted by Crippen LogP contribution is -2.14. The first-order chi connectivity index (χ1) is 24.3. The molecule has 232 valence electrons. The summed E-state index contributed by atoms with van der Waals surface area (Å²) in [6.07, 6.45) is 0. The summed E-state index contributed by atoms with van der Waals surface area (Å²) in [7, 11) is 0. The zero-order chi connectivity index (χ0) is 32.6. The summed E-state index contributed by atoms with van der Waals surface area (Å²) >= 11 is 0. The van der Waals surface area contributed by atoms with Crippen molar-refractivity contribution in [3.63, 3.8) is 0 Å². The molecule has 0 saturated carbocycles. The van der Waals surface area contributed by atoms with E-state index >= 15 is 0 Å². The first-order valence-corrected chi connectivity index (χ1v) is 16.5. The fraction of sp³-hybridized carbons (Fsp3) is 0. The Kier molecular flexibility index (Phi) is 7.10. The molecule has 0 saturated heterocycles. The molecule has 1 heterocycles. The average Bonchev–Trinajstić information content (AvgIpc) is 3.64. The molecule has 0 amide bonds. The molecule has 9 aromatic rings. The van der Waals surface area contributed by atoms with E-state index in [1.807, 2.05) is 30.3 Å². The maximum Gasteiger partial charge on any atom is 0.227 e. The van der Waals surface area contributed by atoms with Gasteiger partial charge in [-0.05, 0) is 78.2 Å². The molecule has 4 nitrogen and oxygen atoms in total. The molecule has 0 radical (unpaired) electrons. The van der Waals surface area contributed by atoms with E-state index in [4.69, 9.17) is 9.40 Å². The van der Waals surface area contributed by atoms with Crippen LogP contribution in [0.3, 0.4) is 0 Å². The third-order valence-corrected chi connectivity index (χ3v) is 9.00. The first-order valence-electron chi connectivity index (χ1n) is 16.5. The topological polar surface area (TPSA) is 32.5 Å². The largest absolute Gasteiger partial charge is 0.435 e. The number of para-hydroxylation sites is 4. The second-order valence-electron chi connectivity index (χ2n) is 12.0. The summed E-state index contributed by atoms with van der Waals surface area (Å²) in [5, 5.41) is 4.25. The van der Waals surface area contributed by atoms with Gasteiger partial charge in [-0.2, -0.15) is 0 Å². The first kappa shape index (κ1) is 28.6.